The first-order valence-electron chi connectivity index (χ1n) is 4.96. The van der Waals surface area contributed by atoms with Gasteiger partial charge in [0.1, 0.15) is 0 Å². The monoisotopic (exact) mass is 223 g/mol. The Morgan fingerprint density at radius 1 is 1.27 bits per heavy atom. The molecule has 4 heteroatoms. The molecule has 2 heterocycles. The van der Waals surface area contributed by atoms with Crippen LogP contribution < -0.4 is 0 Å². The molecule has 15 heavy (non-hydrogen) atoms. The van der Waals surface area contributed by atoms with Crippen molar-refractivity contribution in [1.82, 2.24) is 0 Å². The Hall–Kier alpha value is -1.06. The molecule has 0 amide bonds. The lowest BCUT2D eigenvalue weighted by atomic mass is 9.96. The van der Waals surface area contributed by atoms with Gasteiger partial charge in [-0.3, -0.25) is 0 Å². The summed E-state index contributed by atoms with van der Waals surface area (Å²) in [7, 11) is 0. The first kappa shape index (κ1) is 9.19. The number of halogens is 1. The minimum Gasteiger partial charge on any atom is -0.363 e. The largest absolute Gasteiger partial charge is 0.363 e. The summed E-state index contributed by atoms with van der Waals surface area (Å²) in [6.07, 6.45) is 0.808. The second kappa shape index (κ2) is 3.51. The Morgan fingerprint density at radius 2 is 2.07 bits per heavy atom. The van der Waals surface area contributed by atoms with Crippen LogP contribution in [0.4, 0.5) is 0 Å². The van der Waals surface area contributed by atoms with Gasteiger partial charge in [-0.25, -0.2) is 0 Å². The fourth-order valence-electron chi connectivity index (χ4n) is 2.00. The number of hydrogen-bond acceptors (Lipinski definition) is 3. The zero-order valence-electron chi connectivity index (χ0n) is 8.02. The van der Waals surface area contributed by atoms with E-state index >= 15 is 0 Å². The molecule has 2 atom stereocenters. The zero-order chi connectivity index (χ0) is 10.3. The fraction of sp³-hybridized carbons (Fsp3) is 0.364. The van der Waals surface area contributed by atoms with E-state index in [4.69, 9.17) is 21.2 Å². The van der Waals surface area contributed by atoms with Crippen LogP contribution in [0.25, 0.3) is 0 Å². The van der Waals surface area contributed by atoms with E-state index in [-0.39, 0.29) is 12.2 Å². The fourth-order valence-corrected chi connectivity index (χ4v) is 2.12. The normalized spacial score (nSPS) is 28.5. The highest BCUT2D eigenvalue weighted by molar-refractivity contribution is 6.30. The number of hydrogen-bond donors (Lipinski definition) is 0. The summed E-state index contributed by atoms with van der Waals surface area (Å²) in [5.74, 6) is 0.283. The Bertz CT molecular complexity index is 402. The maximum Gasteiger partial charge on any atom is 0.235 e. The van der Waals surface area contributed by atoms with Crippen molar-refractivity contribution in [2.45, 2.75) is 12.7 Å². The quantitative estimate of drug-likeness (QED) is 0.732. The molecule has 0 bridgehead atoms. The first-order chi connectivity index (χ1) is 7.34. The first-order valence-corrected chi connectivity index (χ1v) is 5.33. The molecule has 1 saturated heterocycles. The highest BCUT2D eigenvalue weighted by Crippen LogP contribution is 2.31. The summed E-state index contributed by atoms with van der Waals surface area (Å²) in [5.41, 5.74) is 2.05. The Labute approximate surface area is 92.6 Å². The zero-order valence-corrected chi connectivity index (χ0v) is 8.78. The van der Waals surface area contributed by atoms with Gasteiger partial charge in [-0.15, -0.1) is 0 Å². The molecule has 0 spiro atoms. The van der Waals surface area contributed by atoms with E-state index in [0.717, 1.165) is 29.3 Å². The second-order valence-corrected chi connectivity index (χ2v) is 4.16. The molecule has 0 radical (unpaired) electrons. The van der Waals surface area contributed by atoms with Gasteiger partial charge in [-0.1, -0.05) is 28.9 Å². The minimum atomic E-state index is -0.171. The van der Waals surface area contributed by atoms with Crippen LogP contribution in [0.1, 0.15) is 12.0 Å². The number of fused-ring (bicyclic) bond motifs is 1. The van der Waals surface area contributed by atoms with E-state index in [1.54, 1.807) is 0 Å². The molecule has 0 aliphatic carbocycles. The van der Waals surface area contributed by atoms with Gasteiger partial charge in [0.25, 0.3) is 0 Å². The third-order valence-corrected chi connectivity index (χ3v) is 3.04. The summed E-state index contributed by atoms with van der Waals surface area (Å²) in [6.45, 7) is 0.752. The van der Waals surface area contributed by atoms with E-state index in [9.17, 15) is 0 Å². The van der Waals surface area contributed by atoms with Gasteiger partial charge in [0.05, 0.1) is 18.2 Å². The highest BCUT2D eigenvalue weighted by Gasteiger charge is 2.39. The van der Waals surface area contributed by atoms with Gasteiger partial charge >= 0.3 is 0 Å². The maximum absolute atomic E-state index is 5.83. The number of nitrogens with zero attached hydrogens (tertiary/aromatic N) is 1. The summed E-state index contributed by atoms with van der Waals surface area (Å²) < 4.78 is 5.39. The van der Waals surface area contributed by atoms with Crippen molar-refractivity contribution >= 4 is 17.3 Å². The van der Waals surface area contributed by atoms with Crippen molar-refractivity contribution in [1.29, 1.82) is 0 Å². The Balaban J connectivity index is 1.91. The van der Waals surface area contributed by atoms with Crippen molar-refractivity contribution < 1.29 is 9.57 Å². The van der Waals surface area contributed by atoms with Gasteiger partial charge in [0.15, 0.2) is 0 Å². The standard InChI is InChI=1S/C11H10ClNO2/c12-8-3-1-7(2-4-8)10-9-5-6-14-11(9)15-13-10/h1-4,9,11H,5-6H2. The van der Waals surface area contributed by atoms with Crippen LogP contribution in [-0.2, 0) is 9.57 Å². The molecule has 3 rings (SSSR count). The maximum atomic E-state index is 5.83. The third kappa shape index (κ3) is 1.52. The predicted molar refractivity (Wildman–Crippen MR) is 56.9 cm³/mol. The lowest BCUT2D eigenvalue weighted by Gasteiger charge is -2.07. The lowest BCUT2D eigenvalue weighted by molar-refractivity contribution is -0.106. The lowest BCUT2D eigenvalue weighted by Crippen LogP contribution is -2.18. The molecule has 3 nitrogen and oxygen atoms in total. The molecule has 0 saturated carbocycles. The van der Waals surface area contributed by atoms with Crippen LogP contribution in [0, 0.1) is 5.92 Å². The van der Waals surface area contributed by atoms with Crippen LogP contribution in [-0.4, -0.2) is 18.6 Å². The van der Waals surface area contributed by atoms with Gasteiger partial charge < -0.3 is 9.57 Å². The number of ether oxygens (including phenoxy) is 1. The van der Waals surface area contributed by atoms with Crippen LogP contribution in [0.3, 0.4) is 0 Å². The molecule has 1 aromatic carbocycles. The average molecular weight is 224 g/mol. The molecule has 2 unspecified atom stereocenters. The van der Waals surface area contributed by atoms with Gasteiger partial charge in [-0.2, -0.15) is 0 Å². The van der Waals surface area contributed by atoms with E-state index in [0.29, 0.717) is 0 Å². The smallest absolute Gasteiger partial charge is 0.235 e. The summed E-state index contributed by atoms with van der Waals surface area (Å²) in [4.78, 5) is 5.21. The van der Waals surface area contributed by atoms with E-state index in [1.165, 1.54) is 0 Å². The van der Waals surface area contributed by atoms with Crippen molar-refractivity contribution in [3.63, 3.8) is 0 Å². The van der Waals surface area contributed by atoms with Crippen molar-refractivity contribution in [3.05, 3.63) is 34.9 Å². The highest BCUT2D eigenvalue weighted by atomic mass is 35.5. The molecular formula is C11H10ClNO2. The molecule has 0 N–H and O–H groups in total. The van der Waals surface area contributed by atoms with Gasteiger partial charge in [-0.05, 0) is 24.1 Å². The third-order valence-electron chi connectivity index (χ3n) is 2.79. The van der Waals surface area contributed by atoms with E-state index in [2.05, 4.69) is 5.16 Å². The molecule has 2 aliphatic heterocycles. The van der Waals surface area contributed by atoms with E-state index in [1.807, 2.05) is 24.3 Å². The molecule has 1 aromatic rings. The van der Waals surface area contributed by atoms with Gasteiger partial charge in [0.2, 0.25) is 6.29 Å². The van der Waals surface area contributed by atoms with Crippen molar-refractivity contribution in [2.24, 2.45) is 11.1 Å². The van der Waals surface area contributed by atoms with Crippen LogP contribution >= 0.6 is 11.6 Å². The molecule has 2 aliphatic rings. The van der Waals surface area contributed by atoms with Crippen molar-refractivity contribution in [2.75, 3.05) is 6.61 Å². The number of benzene rings is 1. The van der Waals surface area contributed by atoms with E-state index < -0.39 is 0 Å². The number of rotatable bonds is 1. The Morgan fingerprint density at radius 3 is 2.87 bits per heavy atom. The van der Waals surface area contributed by atoms with Gasteiger partial charge in [0, 0.05) is 5.02 Å². The molecule has 0 aromatic heterocycles. The van der Waals surface area contributed by atoms with Crippen molar-refractivity contribution in [3.8, 4) is 0 Å². The summed E-state index contributed by atoms with van der Waals surface area (Å²) >= 11 is 5.83. The minimum absolute atomic E-state index is 0.171. The number of oxime groups is 1. The SMILES string of the molecule is Clc1ccc(C2=NOC3OCCC23)cc1. The van der Waals surface area contributed by atoms with Crippen LogP contribution in [0.2, 0.25) is 5.02 Å². The summed E-state index contributed by atoms with van der Waals surface area (Å²) in [5, 5.41) is 4.80. The Kier molecular flexibility index (Phi) is 2.15. The topological polar surface area (TPSA) is 30.8 Å². The molecule has 78 valence electrons. The predicted octanol–water partition coefficient (Wildman–Crippen LogP) is 2.44. The average Bonchev–Trinajstić information content (AvgIpc) is 2.80. The summed E-state index contributed by atoms with van der Waals surface area (Å²) in [6, 6.07) is 7.65. The second-order valence-electron chi connectivity index (χ2n) is 3.72. The van der Waals surface area contributed by atoms with Crippen LogP contribution in [0.15, 0.2) is 29.4 Å². The molecular weight excluding hydrogens is 214 g/mol. The van der Waals surface area contributed by atoms with Crippen LogP contribution in [0.5, 0.6) is 0 Å². The molecule has 1 fully saturated rings.